The van der Waals surface area contributed by atoms with E-state index in [1.54, 1.807) is 24.7 Å². The number of nitrogens with one attached hydrogen (secondary N) is 1. The Morgan fingerprint density at radius 2 is 2.19 bits per heavy atom. The molecule has 2 aromatic rings. The van der Waals surface area contributed by atoms with E-state index in [0.29, 0.717) is 11.3 Å². The zero-order valence-electron chi connectivity index (χ0n) is 8.94. The molecular formula is C12H12N4. The van der Waals surface area contributed by atoms with Crippen LogP contribution in [0.2, 0.25) is 0 Å². The van der Waals surface area contributed by atoms with Crippen LogP contribution >= 0.6 is 0 Å². The molecule has 0 amide bonds. The first-order valence-corrected chi connectivity index (χ1v) is 4.89. The third-order valence-corrected chi connectivity index (χ3v) is 2.44. The summed E-state index contributed by atoms with van der Waals surface area (Å²) in [5.41, 5.74) is 9.73. The molecule has 2 heterocycles. The molecule has 0 unspecified atom stereocenters. The summed E-state index contributed by atoms with van der Waals surface area (Å²) in [6.07, 6.45) is 6.31. The predicted molar refractivity (Wildman–Crippen MR) is 64.5 cm³/mol. The number of aryl methyl sites for hydroxylation is 1. The molecule has 0 spiro atoms. The molecule has 2 aromatic heterocycles. The van der Waals surface area contributed by atoms with Crippen molar-refractivity contribution in [1.29, 1.82) is 5.41 Å². The van der Waals surface area contributed by atoms with E-state index in [4.69, 9.17) is 11.1 Å². The van der Waals surface area contributed by atoms with E-state index in [9.17, 15) is 0 Å². The quantitative estimate of drug-likeness (QED) is 0.748. The van der Waals surface area contributed by atoms with Gasteiger partial charge in [0.15, 0.2) is 0 Å². The van der Waals surface area contributed by atoms with Gasteiger partial charge in [-0.25, -0.2) is 0 Å². The average molecular weight is 212 g/mol. The van der Waals surface area contributed by atoms with Crippen molar-refractivity contribution in [2.45, 2.75) is 6.92 Å². The van der Waals surface area contributed by atoms with Gasteiger partial charge in [-0.15, -0.1) is 0 Å². The minimum absolute atomic E-state index is 0.514. The van der Waals surface area contributed by atoms with Crippen LogP contribution in [0.1, 0.15) is 11.1 Å². The first-order valence-electron chi connectivity index (χ1n) is 4.89. The second-order valence-corrected chi connectivity index (χ2v) is 3.53. The number of nitrogens with zero attached hydrogens (tertiary/aromatic N) is 2. The summed E-state index contributed by atoms with van der Waals surface area (Å²) in [5, 5.41) is 7.25. The first-order chi connectivity index (χ1) is 7.72. The van der Waals surface area contributed by atoms with E-state index >= 15 is 0 Å². The van der Waals surface area contributed by atoms with Gasteiger partial charge in [0.25, 0.3) is 0 Å². The fourth-order valence-corrected chi connectivity index (χ4v) is 1.49. The molecule has 3 N–H and O–H groups in total. The van der Waals surface area contributed by atoms with Crippen LogP contribution in [0.25, 0.3) is 11.3 Å². The van der Waals surface area contributed by atoms with Crippen LogP contribution in [0.15, 0.2) is 30.7 Å². The summed E-state index contributed by atoms with van der Waals surface area (Å²) in [6, 6.07) is 3.73. The predicted octanol–water partition coefficient (Wildman–Crippen LogP) is 2.03. The summed E-state index contributed by atoms with van der Waals surface area (Å²) in [5.74, 6) is 0. The standard InChI is InChI=1S/C12H12N4/c1-8-2-3-15-6-10(8)12-4-9(5-13)11(14)7-16-12/h2-7,13H,14H2,1H3. The zero-order valence-corrected chi connectivity index (χ0v) is 8.94. The highest BCUT2D eigenvalue weighted by Gasteiger charge is 2.05. The van der Waals surface area contributed by atoms with Crippen LogP contribution in [0.3, 0.4) is 0 Å². The van der Waals surface area contributed by atoms with E-state index in [0.717, 1.165) is 16.8 Å². The summed E-state index contributed by atoms with van der Waals surface area (Å²) in [6.45, 7) is 2.00. The van der Waals surface area contributed by atoms with Gasteiger partial charge in [-0.1, -0.05) is 0 Å². The lowest BCUT2D eigenvalue weighted by Crippen LogP contribution is -1.96. The van der Waals surface area contributed by atoms with E-state index in [-0.39, 0.29) is 0 Å². The SMILES string of the molecule is Cc1ccncc1-c1cc(C=N)c(N)cn1. The Morgan fingerprint density at radius 3 is 2.88 bits per heavy atom. The fourth-order valence-electron chi connectivity index (χ4n) is 1.49. The lowest BCUT2D eigenvalue weighted by atomic mass is 10.1. The molecule has 0 saturated heterocycles. The van der Waals surface area contributed by atoms with Gasteiger partial charge in [0, 0.05) is 29.7 Å². The van der Waals surface area contributed by atoms with Crippen molar-refractivity contribution in [2.24, 2.45) is 0 Å². The Hall–Kier alpha value is -2.23. The van der Waals surface area contributed by atoms with Gasteiger partial charge >= 0.3 is 0 Å². The number of hydrogen-bond acceptors (Lipinski definition) is 4. The maximum absolute atomic E-state index is 7.25. The second-order valence-electron chi connectivity index (χ2n) is 3.53. The number of hydrogen-bond donors (Lipinski definition) is 2. The smallest absolute Gasteiger partial charge is 0.0728 e. The monoisotopic (exact) mass is 212 g/mol. The Balaban J connectivity index is 2.57. The number of anilines is 1. The van der Waals surface area contributed by atoms with Crippen LogP contribution in [-0.2, 0) is 0 Å². The molecule has 4 heteroatoms. The van der Waals surface area contributed by atoms with Crippen molar-refractivity contribution in [3.8, 4) is 11.3 Å². The molecule has 80 valence electrons. The molecule has 0 atom stereocenters. The van der Waals surface area contributed by atoms with Crippen molar-refractivity contribution >= 4 is 11.9 Å². The molecule has 0 saturated carbocycles. The minimum atomic E-state index is 0.514. The van der Waals surface area contributed by atoms with Crippen molar-refractivity contribution in [3.63, 3.8) is 0 Å². The molecule has 2 rings (SSSR count). The summed E-state index contributed by atoms with van der Waals surface area (Å²) in [4.78, 5) is 8.32. The first kappa shape index (κ1) is 10.3. The molecule has 0 aliphatic carbocycles. The van der Waals surface area contributed by atoms with Crippen molar-refractivity contribution < 1.29 is 0 Å². The molecule has 0 bridgehead atoms. The van der Waals surface area contributed by atoms with Crippen LogP contribution in [0.5, 0.6) is 0 Å². The number of nitrogen functional groups attached to an aromatic ring is 1. The van der Waals surface area contributed by atoms with E-state index < -0.39 is 0 Å². The van der Waals surface area contributed by atoms with E-state index in [1.807, 2.05) is 13.0 Å². The van der Waals surface area contributed by atoms with Crippen LogP contribution in [-0.4, -0.2) is 16.2 Å². The Kier molecular flexibility index (Phi) is 2.64. The number of aromatic nitrogens is 2. The van der Waals surface area contributed by atoms with Gasteiger partial charge in [0.2, 0.25) is 0 Å². The largest absolute Gasteiger partial charge is 0.397 e. The molecule has 0 radical (unpaired) electrons. The van der Waals surface area contributed by atoms with E-state index in [2.05, 4.69) is 9.97 Å². The number of pyridine rings is 2. The number of nitrogens with two attached hydrogens (primary N) is 1. The lowest BCUT2D eigenvalue weighted by molar-refractivity contribution is 1.24. The topological polar surface area (TPSA) is 75.7 Å². The molecule has 0 aromatic carbocycles. The fraction of sp³-hybridized carbons (Fsp3) is 0.0833. The van der Waals surface area contributed by atoms with Crippen LogP contribution in [0.4, 0.5) is 5.69 Å². The highest BCUT2D eigenvalue weighted by atomic mass is 14.7. The zero-order chi connectivity index (χ0) is 11.5. The van der Waals surface area contributed by atoms with Crippen molar-refractivity contribution in [3.05, 3.63) is 41.9 Å². The minimum Gasteiger partial charge on any atom is -0.397 e. The second kappa shape index (κ2) is 4.10. The molecule has 0 fully saturated rings. The molecule has 0 aliphatic heterocycles. The Morgan fingerprint density at radius 1 is 1.38 bits per heavy atom. The molecular weight excluding hydrogens is 200 g/mol. The van der Waals surface area contributed by atoms with Crippen LogP contribution < -0.4 is 5.73 Å². The van der Waals surface area contributed by atoms with Crippen LogP contribution in [0, 0.1) is 12.3 Å². The third-order valence-electron chi connectivity index (χ3n) is 2.44. The van der Waals surface area contributed by atoms with Gasteiger partial charge in [-0.05, 0) is 24.6 Å². The van der Waals surface area contributed by atoms with E-state index in [1.165, 1.54) is 6.21 Å². The van der Waals surface area contributed by atoms with Gasteiger partial charge in [0.1, 0.15) is 0 Å². The summed E-state index contributed by atoms with van der Waals surface area (Å²) < 4.78 is 0. The normalized spacial score (nSPS) is 10.1. The Labute approximate surface area is 93.7 Å². The molecule has 4 nitrogen and oxygen atoms in total. The average Bonchev–Trinajstić information content (AvgIpc) is 2.31. The highest BCUT2D eigenvalue weighted by Crippen LogP contribution is 2.22. The van der Waals surface area contributed by atoms with Crippen molar-refractivity contribution in [1.82, 2.24) is 9.97 Å². The van der Waals surface area contributed by atoms with Crippen molar-refractivity contribution in [2.75, 3.05) is 5.73 Å². The third kappa shape index (κ3) is 1.77. The van der Waals surface area contributed by atoms with Gasteiger partial charge in [0.05, 0.1) is 17.6 Å². The lowest BCUT2D eigenvalue weighted by Gasteiger charge is -2.06. The molecule has 16 heavy (non-hydrogen) atoms. The highest BCUT2D eigenvalue weighted by molar-refractivity contribution is 5.86. The van der Waals surface area contributed by atoms with Gasteiger partial charge < -0.3 is 11.1 Å². The summed E-state index contributed by atoms with van der Waals surface area (Å²) in [7, 11) is 0. The van der Waals surface area contributed by atoms with Gasteiger partial charge in [-0.2, -0.15) is 0 Å². The molecule has 0 aliphatic rings. The Bertz CT molecular complexity index is 534. The maximum Gasteiger partial charge on any atom is 0.0728 e. The number of rotatable bonds is 2. The van der Waals surface area contributed by atoms with Gasteiger partial charge in [-0.3, -0.25) is 9.97 Å². The summed E-state index contributed by atoms with van der Waals surface area (Å²) >= 11 is 0. The maximum atomic E-state index is 7.25.